The maximum absolute atomic E-state index is 11.3. The number of halogens is 1. The maximum atomic E-state index is 11.3. The van der Waals surface area contributed by atoms with E-state index in [1.54, 1.807) is 6.92 Å². The summed E-state index contributed by atoms with van der Waals surface area (Å²) in [7, 11) is 0. The zero-order valence-corrected chi connectivity index (χ0v) is 13.8. The topological polar surface area (TPSA) is 35.6 Å². The molecule has 1 N–H and O–H groups in total. The van der Waals surface area contributed by atoms with Gasteiger partial charge < -0.3 is 15.1 Å². The van der Waals surface area contributed by atoms with Crippen LogP contribution in [-0.2, 0) is 11.3 Å². The SMILES string of the molecule is CC(=O)N1CCN(c2ccc(CNC(C)C)c(Cl)c2)CC1. The Balaban J connectivity index is 1.99. The van der Waals surface area contributed by atoms with Crippen LogP contribution in [0.25, 0.3) is 0 Å². The first-order chi connectivity index (χ1) is 9.97. The van der Waals surface area contributed by atoms with Gasteiger partial charge in [0.2, 0.25) is 5.91 Å². The molecule has 0 spiro atoms. The molecule has 1 aliphatic heterocycles. The number of anilines is 1. The molecular weight excluding hydrogens is 286 g/mol. The van der Waals surface area contributed by atoms with Crippen LogP contribution in [0.2, 0.25) is 5.02 Å². The Morgan fingerprint density at radius 1 is 1.29 bits per heavy atom. The number of nitrogens with one attached hydrogen (secondary N) is 1. The van der Waals surface area contributed by atoms with Crippen molar-refractivity contribution < 1.29 is 4.79 Å². The van der Waals surface area contributed by atoms with E-state index in [1.165, 1.54) is 0 Å². The summed E-state index contributed by atoms with van der Waals surface area (Å²) in [5.41, 5.74) is 2.26. The second-order valence-electron chi connectivity index (χ2n) is 5.80. The highest BCUT2D eigenvalue weighted by atomic mass is 35.5. The molecule has 0 radical (unpaired) electrons. The van der Waals surface area contributed by atoms with Crippen LogP contribution in [0.5, 0.6) is 0 Å². The number of hydrogen-bond acceptors (Lipinski definition) is 3. The third-order valence-electron chi connectivity index (χ3n) is 3.83. The average molecular weight is 310 g/mol. The first-order valence-electron chi connectivity index (χ1n) is 7.49. The van der Waals surface area contributed by atoms with E-state index in [2.05, 4.69) is 36.2 Å². The molecule has 1 amide bonds. The smallest absolute Gasteiger partial charge is 0.219 e. The lowest BCUT2D eigenvalue weighted by Gasteiger charge is -2.35. The highest BCUT2D eigenvalue weighted by Crippen LogP contribution is 2.24. The summed E-state index contributed by atoms with van der Waals surface area (Å²) in [6.45, 7) is 9.94. The molecule has 0 saturated carbocycles. The number of rotatable bonds is 4. The minimum Gasteiger partial charge on any atom is -0.368 e. The summed E-state index contributed by atoms with van der Waals surface area (Å²) in [5, 5.41) is 4.18. The lowest BCUT2D eigenvalue weighted by atomic mass is 10.1. The summed E-state index contributed by atoms with van der Waals surface area (Å²) < 4.78 is 0. The van der Waals surface area contributed by atoms with E-state index in [4.69, 9.17) is 11.6 Å². The van der Waals surface area contributed by atoms with Gasteiger partial charge in [-0.15, -0.1) is 0 Å². The quantitative estimate of drug-likeness (QED) is 0.928. The lowest BCUT2D eigenvalue weighted by Crippen LogP contribution is -2.48. The Morgan fingerprint density at radius 2 is 1.95 bits per heavy atom. The molecule has 0 bridgehead atoms. The number of hydrogen-bond donors (Lipinski definition) is 1. The van der Waals surface area contributed by atoms with Crippen LogP contribution < -0.4 is 10.2 Å². The van der Waals surface area contributed by atoms with Gasteiger partial charge in [-0.05, 0) is 17.7 Å². The van der Waals surface area contributed by atoms with Gasteiger partial charge >= 0.3 is 0 Å². The van der Waals surface area contributed by atoms with Crippen molar-refractivity contribution in [2.75, 3.05) is 31.1 Å². The molecule has 2 rings (SSSR count). The van der Waals surface area contributed by atoms with Gasteiger partial charge in [0.1, 0.15) is 0 Å². The van der Waals surface area contributed by atoms with E-state index in [1.807, 2.05) is 11.0 Å². The number of carbonyl (C=O) groups excluding carboxylic acids is 1. The largest absolute Gasteiger partial charge is 0.368 e. The summed E-state index contributed by atoms with van der Waals surface area (Å²) in [5.74, 6) is 0.155. The number of piperazine rings is 1. The van der Waals surface area contributed by atoms with Crippen LogP contribution >= 0.6 is 11.6 Å². The Kier molecular flexibility index (Phi) is 5.48. The molecule has 1 heterocycles. The lowest BCUT2D eigenvalue weighted by molar-refractivity contribution is -0.129. The molecule has 1 saturated heterocycles. The van der Waals surface area contributed by atoms with Gasteiger partial charge in [-0.25, -0.2) is 0 Å². The molecule has 5 heteroatoms. The molecular formula is C16H24ClN3O. The van der Waals surface area contributed by atoms with E-state index in [0.29, 0.717) is 6.04 Å². The van der Waals surface area contributed by atoms with E-state index in [9.17, 15) is 4.79 Å². The minimum absolute atomic E-state index is 0.155. The standard InChI is InChI=1S/C16H24ClN3O/c1-12(2)18-11-14-4-5-15(10-16(14)17)20-8-6-19(7-9-20)13(3)21/h4-5,10,12,18H,6-9,11H2,1-3H3. The minimum atomic E-state index is 0.155. The summed E-state index contributed by atoms with van der Waals surface area (Å²) in [4.78, 5) is 15.5. The van der Waals surface area contributed by atoms with Gasteiger partial charge in [-0.1, -0.05) is 31.5 Å². The molecule has 1 aromatic rings. The van der Waals surface area contributed by atoms with Gasteiger partial charge in [-0.3, -0.25) is 4.79 Å². The molecule has 1 fully saturated rings. The molecule has 1 aliphatic rings. The van der Waals surface area contributed by atoms with Gasteiger partial charge in [0.25, 0.3) is 0 Å². The molecule has 0 aliphatic carbocycles. The summed E-state index contributed by atoms with van der Waals surface area (Å²) in [6.07, 6.45) is 0. The number of nitrogens with zero attached hydrogens (tertiary/aromatic N) is 2. The van der Waals surface area contributed by atoms with E-state index in [0.717, 1.165) is 49.0 Å². The Morgan fingerprint density at radius 3 is 2.48 bits per heavy atom. The van der Waals surface area contributed by atoms with Crippen molar-refractivity contribution in [3.8, 4) is 0 Å². The van der Waals surface area contributed by atoms with Crippen molar-refractivity contribution in [1.29, 1.82) is 0 Å². The van der Waals surface area contributed by atoms with Crippen LogP contribution in [0.3, 0.4) is 0 Å². The summed E-state index contributed by atoms with van der Waals surface area (Å²) in [6, 6.07) is 6.68. The Labute approximate surface area is 132 Å². The Bertz CT molecular complexity index is 496. The van der Waals surface area contributed by atoms with Crippen molar-refractivity contribution in [3.05, 3.63) is 28.8 Å². The van der Waals surface area contributed by atoms with Crippen molar-refractivity contribution in [2.24, 2.45) is 0 Å². The van der Waals surface area contributed by atoms with Gasteiger partial charge in [-0.2, -0.15) is 0 Å². The normalized spacial score (nSPS) is 15.7. The second-order valence-corrected chi connectivity index (χ2v) is 6.21. The number of amides is 1. The molecule has 1 aromatic carbocycles. The first-order valence-corrected chi connectivity index (χ1v) is 7.87. The molecule has 0 atom stereocenters. The van der Waals surface area contributed by atoms with Crippen molar-refractivity contribution in [2.45, 2.75) is 33.4 Å². The van der Waals surface area contributed by atoms with Crippen LogP contribution in [-0.4, -0.2) is 43.0 Å². The molecule has 21 heavy (non-hydrogen) atoms. The molecule has 0 aromatic heterocycles. The van der Waals surface area contributed by atoms with E-state index in [-0.39, 0.29) is 5.91 Å². The Hall–Kier alpha value is -1.26. The van der Waals surface area contributed by atoms with Crippen LogP contribution in [0.15, 0.2) is 18.2 Å². The fourth-order valence-electron chi connectivity index (χ4n) is 2.47. The fourth-order valence-corrected chi connectivity index (χ4v) is 2.71. The predicted octanol–water partition coefficient (Wildman–Crippen LogP) is 2.51. The van der Waals surface area contributed by atoms with Crippen LogP contribution in [0.4, 0.5) is 5.69 Å². The van der Waals surface area contributed by atoms with E-state index >= 15 is 0 Å². The zero-order valence-electron chi connectivity index (χ0n) is 13.0. The molecule has 0 unspecified atom stereocenters. The van der Waals surface area contributed by atoms with E-state index < -0.39 is 0 Å². The fraction of sp³-hybridized carbons (Fsp3) is 0.562. The van der Waals surface area contributed by atoms with Gasteiger partial charge in [0, 0.05) is 56.4 Å². The van der Waals surface area contributed by atoms with Gasteiger partial charge in [0.15, 0.2) is 0 Å². The highest BCUT2D eigenvalue weighted by Gasteiger charge is 2.19. The van der Waals surface area contributed by atoms with Crippen molar-refractivity contribution >= 4 is 23.2 Å². The predicted molar refractivity (Wildman–Crippen MR) is 87.9 cm³/mol. The first kappa shape index (κ1) is 16.1. The summed E-state index contributed by atoms with van der Waals surface area (Å²) >= 11 is 6.38. The third kappa shape index (κ3) is 4.35. The molecule has 116 valence electrons. The van der Waals surface area contributed by atoms with Crippen molar-refractivity contribution in [3.63, 3.8) is 0 Å². The third-order valence-corrected chi connectivity index (χ3v) is 4.18. The zero-order chi connectivity index (χ0) is 15.4. The average Bonchev–Trinajstić information content (AvgIpc) is 2.46. The number of carbonyl (C=O) groups is 1. The van der Waals surface area contributed by atoms with Crippen molar-refractivity contribution in [1.82, 2.24) is 10.2 Å². The monoisotopic (exact) mass is 309 g/mol. The van der Waals surface area contributed by atoms with Crippen LogP contribution in [0, 0.1) is 0 Å². The second kappa shape index (κ2) is 7.14. The molecule has 4 nitrogen and oxygen atoms in total. The highest BCUT2D eigenvalue weighted by molar-refractivity contribution is 6.31. The van der Waals surface area contributed by atoms with Gasteiger partial charge in [0.05, 0.1) is 0 Å². The number of benzene rings is 1. The van der Waals surface area contributed by atoms with Crippen LogP contribution in [0.1, 0.15) is 26.3 Å². The maximum Gasteiger partial charge on any atom is 0.219 e.